The van der Waals surface area contributed by atoms with Gasteiger partial charge in [-0.1, -0.05) is 6.42 Å². The molecule has 24 heavy (non-hydrogen) atoms. The van der Waals surface area contributed by atoms with Crippen molar-refractivity contribution in [1.29, 1.82) is 0 Å². The van der Waals surface area contributed by atoms with Gasteiger partial charge in [0.15, 0.2) is 0 Å². The second-order valence-electron chi connectivity index (χ2n) is 7.40. The maximum absolute atomic E-state index is 12.4. The Labute approximate surface area is 143 Å². The average molecular weight is 348 g/mol. The van der Waals surface area contributed by atoms with Crippen LogP contribution in [0.1, 0.15) is 48.9 Å². The van der Waals surface area contributed by atoms with Crippen LogP contribution in [0.5, 0.6) is 0 Å². The molecule has 1 N–H and O–H groups in total. The van der Waals surface area contributed by atoms with E-state index < -0.39 is 10.0 Å². The van der Waals surface area contributed by atoms with E-state index in [1.54, 1.807) is 24.3 Å². The molecule has 3 unspecified atom stereocenters. The molecular weight excluding hydrogens is 324 g/mol. The number of fused-ring (bicyclic) bond motifs is 2. The van der Waals surface area contributed by atoms with Gasteiger partial charge in [-0.05, 0) is 68.2 Å². The number of hydrogen-bond donors (Lipinski definition) is 1. The fourth-order valence-corrected chi connectivity index (χ4v) is 6.17. The molecule has 4 rings (SSSR count). The van der Waals surface area contributed by atoms with Gasteiger partial charge in [0.05, 0.1) is 11.4 Å². The first kappa shape index (κ1) is 15.9. The maximum atomic E-state index is 12.4. The third-order valence-corrected chi connectivity index (χ3v) is 7.69. The number of anilines is 1. The predicted molar refractivity (Wildman–Crippen MR) is 93.5 cm³/mol. The van der Waals surface area contributed by atoms with E-state index in [1.165, 1.54) is 23.6 Å². The van der Waals surface area contributed by atoms with Gasteiger partial charge in [-0.2, -0.15) is 0 Å². The molecule has 1 saturated heterocycles. The Morgan fingerprint density at radius 1 is 1.08 bits per heavy atom. The number of nitrogens with zero attached hydrogens (tertiary/aromatic N) is 1. The minimum absolute atomic E-state index is 0.0411. The van der Waals surface area contributed by atoms with Crippen LogP contribution < -0.4 is 9.62 Å². The molecule has 1 amide bonds. The summed E-state index contributed by atoms with van der Waals surface area (Å²) in [5.41, 5.74) is 1.27. The number of benzene rings is 1. The lowest BCUT2D eigenvalue weighted by atomic mass is 9.95. The van der Waals surface area contributed by atoms with E-state index in [2.05, 4.69) is 5.32 Å². The SMILES string of the molecule is O=C(NC1CC2CCC1C2)c1ccc(N2CCCCS2(=O)=O)cc1. The van der Waals surface area contributed by atoms with Crippen molar-refractivity contribution in [3.8, 4) is 0 Å². The van der Waals surface area contributed by atoms with Crippen LogP contribution in [0.3, 0.4) is 0 Å². The first-order valence-corrected chi connectivity index (χ1v) is 10.6. The van der Waals surface area contributed by atoms with Gasteiger partial charge < -0.3 is 5.32 Å². The normalized spacial score (nSPS) is 31.2. The zero-order valence-electron chi connectivity index (χ0n) is 13.8. The average Bonchev–Trinajstić information content (AvgIpc) is 3.17. The van der Waals surface area contributed by atoms with Gasteiger partial charge in [0, 0.05) is 18.2 Å². The van der Waals surface area contributed by atoms with Crippen LogP contribution in [0.25, 0.3) is 0 Å². The summed E-state index contributed by atoms with van der Waals surface area (Å²) in [6.07, 6.45) is 6.53. The van der Waals surface area contributed by atoms with Crippen LogP contribution in [0, 0.1) is 11.8 Å². The van der Waals surface area contributed by atoms with E-state index >= 15 is 0 Å². The zero-order valence-corrected chi connectivity index (χ0v) is 14.6. The van der Waals surface area contributed by atoms with E-state index in [0.717, 1.165) is 25.2 Å². The molecule has 3 fully saturated rings. The summed E-state index contributed by atoms with van der Waals surface area (Å²) in [5, 5.41) is 3.17. The molecule has 3 atom stereocenters. The first-order valence-electron chi connectivity index (χ1n) is 8.94. The highest BCUT2D eigenvalue weighted by molar-refractivity contribution is 7.92. The van der Waals surface area contributed by atoms with Crippen LogP contribution in [0.15, 0.2) is 24.3 Å². The third kappa shape index (κ3) is 2.92. The quantitative estimate of drug-likeness (QED) is 0.913. The van der Waals surface area contributed by atoms with E-state index in [1.807, 2.05) is 0 Å². The van der Waals surface area contributed by atoms with Crippen LogP contribution in [-0.2, 0) is 10.0 Å². The molecule has 130 valence electrons. The molecule has 2 saturated carbocycles. The lowest BCUT2D eigenvalue weighted by molar-refractivity contribution is 0.0923. The van der Waals surface area contributed by atoms with Crippen LogP contribution >= 0.6 is 0 Å². The molecule has 3 aliphatic rings. The van der Waals surface area contributed by atoms with Crippen molar-refractivity contribution < 1.29 is 13.2 Å². The zero-order chi connectivity index (χ0) is 16.7. The lowest BCUT2D eigenvalue weighted by Gasteiger charge is -2.28. The predicted octanol–water partition coefficient (Wildman–Crippen LogP) is 2.54. The van der Waals surface area contributed by atoms with Gasteiger partial charge in [-0.15, -0.1) is 0 Å². The van der Waals surface area contributed by atoms with E-state index in [-0.39, 0.29) is 11.7 Å². The highest BCUT2D eigenvalue weighted by atomic mass is 32.2. The molecule has 0 spiro atoms. The van der Waals surface area contributed by atoms with E-state index in [9.17, 15) is 13.2 Å². The lowest BCUT2D eigenvalue weighted by Crippen LogP contribution is -2.39. The van der Waals surface area contributed by atoms with E-state index in [4.69, 9.17) is 0 Å². The molecule has 2 bridgehead atoms. The van der Waals surface area contributed by atoms with Gasteiger partial charge >= 0.3 is 0 Å². The van der Waals surface area contributed by atoms with Gasteiger partial charge in [0.25, 0.3) is 5.91 Å². The number of carbonyl (C=O) groups is 1. The van der Waals surface area contributed by atoms with E-state index in [0.29, 0.717) is 29.8 Å². The Balaban J connectivity index is 1.44. The number of carbonyl (C=O) groups excluding carboxylic acids is 1. The van der Waals surface area contributed by atoms with Crippen molar-refractivity contribution in [2.45, 2.75) is 44.6 Å². The summed E-state index contributed by atoms with van der Waals surface area (Å²) >= 11 is 0. The molecular formula is C18H24N2O3S. The molecule has 0 aromatic heterocycles. The standard InChI is InChI=1S/C18H24N2O3S/c21-18(19-17-12-13-3-4-15(17)11-13)14-5-7-16(8-6-14)20-9-1-2-10-24(20,22)23/h5-8,13,15,17H,1-4,9-12H2,(H,19,21). The molecule has 5 nitrogen and oxygen atoms in total. The highest BCUT2D eigenvalue weighted by Crippen LogP contribution is 2.44. The summed E-state index contributed by atoms with van der Waals surface area (Å²) in [7, 11) is -3.20. The fourth-order valence-electron chi connectivity index (χ4n) is 4.53. The Morgan fingerprint density at radius 2 is 1.88 bits per heavy atom. The van der Waals surface area contributed by atoms with Crippen LogP contribution in [0.2, 0.25) is 0 Å². The minimum atomic E-state index is -3.20. The molecule has 1 aromatic rings. The van der Waals surface area contributed by atoms with Gasteiger partial charge in [0.1, 0.15) is 0 Å². The second-order valence-corrected chi connectivity index (χ2v) is 9.41. The van der Waals surface area contributed by atoms with Crippen molar-refractivity contribution >= 4 is 21.6 Å². The summed E-state index contributed by atoms with van der Waals surface area (Å²) < 4.78 is 25.8. The number of sulfonamides is 1. The molecule has 2 aliphatic carbocycles. The van der Waals surface area contributed by atoms with Crippen molar-refractivity contribution in [2.75, 3.05) is 16.6 Å². The van der Waals surface area contributed by atoms with Crippen molar-refractivity contribution in [3.05, 3.63) is 29.8 Å². The third-order valence-electron chi connectivity index (χ3n) is 5.82. The number of hydrogen-bond acceptors (Lipinski definition) is 3. The summed E-state index contributed by atoms with van der Waals surface area (Å²) in [6.45, 7) is 0.527. The molecule has 6 heteroatoms. The number of rotatable bonds is 3. The van der Waals surface area contributed by atoms with Crippen LogP contribution in [-0.4, -0.2) is 32.7 Å². The molecule has 1 heterocycles. The molecule has 1 aromatic carbocycles. The smallest absolute Gasteiger partial charge is 0.251 e. The van der Waals surface area contributed by atoms with Crippen molar-refractivity contribution in [3.63, 3.8) is 0 Å². The number of nitrogens with one attached hydrogen (secondary N) is 1. The molecule has 1 aliphatic heterocycles. The Hall–Kier alpha value is -1.56. The summed E-state index contributed by atoms with van der Waals surface area (Å²) in [6, 6.07) is 7.29. The van der Waals surface area contributed by atoms with Crippen LogP contribution in [0.4, 0.5) is 5.69 Å². The highest BCUT2D eigenvalue weighted by Gasteiger charge is 2.40. The second kappa shape index (κ2) is 6.06. The monoisotopic (exact) mass is 348 g/mol. The molecule has 0 radical (unpaired) electrons. The minimum Gasteiger partial charge on any atom is -0.349 e. The van der Waals surface area contributed by atoms with Gasteiger partial charge in [-0.3, -0.25) is 9.10 Å². The Kier molecular flexibility index (Phi) is 4.03. The summed E-state index contributed by atoms with van der Waals surface area (Å²) in [4.78, 5) is 12.4. The topological polar surface area (TPSA) is 66.5 Å². The van der Waals surface area contributed by atoms with Crippen molar-refractivity contribution in [1.82, 2.24) is 5.32 Å². The Morgan fingerprint density at radius 3 is 2.50 bits per heavy atom. The Bertz CT molecular complexity index is 729. The van der Waals surface area contributed by atoms with Gasteiger partial charge in [-0.25, -0.2) is 8.42 Å². The largest absolute Gasteiger partial charge is 0.349 e. The summed E-state index contributed by atoms with van der Waals surface area (Å²) in [5.74, 6) is 1.61. The van der Waals surface area contributed by atoms with Gasteiger partial charge in [0.2, 0.25) is 10.0 Å². The van der Waals surface area contributed by atoms with Crippen molar-refractivity contribution in [2.24, 2.45) is 11.8 Å². The first-order chi connectivity index (χ1) is 11.5. The number of amides is 1. The fraction of sp³-hybridized carbons (Fsp3) is 0.611. The maximum Gasteiger partial charge on any atom is 0.251 e.